The first-order valence-corrected chi connectivity index (χ1v) is 5.51. The number of halogens is 2. The molecule has 2 N–H and O–H groups in total. The third-order valence-corrected chi connectivity index (χ3v) is 2.82. The summed E-state index contributed by atoms with van der Waals surface area (Å²) >= 11 is 7.21. The van der Waals surface area contributed by atoms with E-state index < -0.39 is 6.67 Å². The van der Waals surface area contributed by atoms with Gasteiger partial charge in [-0.15, -0.1) is 11.3 Å². The van der Waals surface area contributed by atoms with Gasteiger partial charge >= 0.3 is 0 Å². The minimum Gasteiger partial charge on any atom is -0.375 e. The molecule has 2 aromatic rings. The third kappa shape index (κ3) is 2.27. The molecule has 0 fully saturated rings. The van der Waals surface area contributed by atoms with Gasteiger partial charge in [-0.3, -0.25) is 0 Å². The fraction of sp³-hybridized carbons (Fsp3) is 0.100. The summed E-state index contributed by atoms with van der Waals surface area (Å²) in [4.78, 5) is 4.11. The van der Waals surface area contributed by atoms with E-state index in [9.17, 15) is 4.39 Å². The molecule has 0 aliphatic rings. The molecule has 0 aliphatic heterocycles. The van der Waals surface area contributed by atoms with Crippen LogP contribution in [0.1, 0.15) is 5.56 Å². The van der Waals surface area contributed by atoms with Gasteiger partial charge in [0.05, 0.1) is 5.69 Å². The van der Waals surface area contributed by atoms with Gasteiger partial charge in [0.1, 0.15) is 6.67 Å². The third-order valence-electron chi connectivity index (χ3n) is 1.93. The van der Waals surface area contributed by atoms with Crippen molar-refractivity contribution in [2.45, 2.75) is 6.67 Å². The zero-order valence-electron chi connectivity index (χ0n) is 7.71. The van der Waals surface area contributed by atoms with Gasteiger partial charge in [-0.2, -0.15) is 0 Å². The van der Waals surface area contributed by atoms with Crippen molar-refractivity contribution < 1.29 is 4.39 Å². The van der Waals surface area contributed by atoms with E-state index in [0.717, 1.165) is 11.3 Å². The second-order valence-corrected chi connectivity index (χ2v) is 4.38. The maximum absolute atomic E-state index is 12.5. The number of nitrogen functional groups attached to an aromatic ring is 1. The van der Waals surface area contributed by atoms with Gasteiger partial charge < -0.3 is 5.73 Å². The van der Waals surface area contributed by atoms with Gasteiger partial charge in [-0.1, -0.05) is 11.6 Å². The Kier molecular flexibility index (Phi) is 2.88. The second kappa shape index (κ2) is 4.16. The lowest BCUT2D eigenvalue weighted by atomic mass is 10.1. The standard InChI is InChI=1S/C10H8ClFN2S/c11-8-2-6(4-12)1-7(3-8)9-5-15-10(13)14-9/h1-3,5H,4H2,(H2,13,14). The Balaban J connectivity index is 2.48. The summed E-state index contributed by atoms with van der Waals surface area (Å²) in [5.74, 6) is 0. The molecular formula is C10H8ClFN2S. The largest absolute Gasteiger partial charge is 0.375 e. The van der Waals surface area contributed by atoms with Gasteiger partial charge in [0.15, 0.2) is 5.13 Å². The van der Waals surface area contributed by atoms with E-state index in [-0.39, 0.29) is 0 Å². The van der Waals surface area contributed by atoms with Crippen LogP contribution in [-0.4, -0.2) is 4.98 Å². The molecule has 0 atom stereocenters. The van der Waals surface area contributed by atoms with Crippen LogP contribution in [-0.2, 0) is 6.67 Å². The van der Waals surface area contributed by atoms with Crippen molar-refractivity contribution in [1.29, 1.82) is 0 Å². The lowest BCUT2D eigenvalue weighted by Gasteiger charge is -2.01. The highest BCUT2D eigenvalue weighted by atomic mass is 35.5. The molecule has 5 heteroatoms. The highest BCUT2D eigenvalue weighted by Gasteiger charge is 2.05. The fourth-order valence-electron chi connectivity index (χ4n) is 1.30. The van der Waals surface area contributed by atoms with Crippen molar-refractivity contribution in [3.63, 3.8) is 0 Å². The number of aromatic nitrogens is 1. The van der Waals surface area contributed by atoms with Crippen molar-refractivity contribution in [2.24, 2.45) is 0 Å². The predicted molar refractivity (Wildman–Crippen MR) is 61.8 cm³/mol. The van der Waals surface area contributed by atoms with Crippen molar-refractivity contribution >= 4 is 28.1 Å². The molecular weight excluding hydrogens is 235 g/mol. The first-order chi connectivity index (χ1) is 7.19. The van der Waals surface area contributed by atoms with E-state index >= 15 is 0 Å². The first-order valence-electron chi connectivity index (χ1n) is 4.26. The number of nitrogens with zero attached hydrogens (tertiary/aromatic N) is 1. The number of hydrogen-bond donors (Lipinski definition) is 1. The van der Waals surface area contributed by atoms with Gasteiger partial charge in [-0.25, -0.2) is 9.37 Å². The zero-order valence-corrected chi connectivity index (χ0v) is 9.28. The van der Waals surface area contributed by atoms with E-state index in [4.69, 9.17) is 17.3 Å². The molecule has 0 amide bonds. The highest BCUT2D eigenvalue weighted by Crippen LogP contribution is 2.27. The van der Waals surface area contributed by atoms with Crippen LogP contribution in [0.2, 0.25) is 5.02 Å². The molecule has 0 bridgehead atoms. The molecule has 0 spiro atoms. The lowest BCUT2D eigenvalue weighted by Crippen LogP contribution is -1.85. The molecule has 0 unspecified atom stereocenters. The van der Waals surface area contributed by atoms with Crippen LogP contribution in [0.3, 0.4) is 0 Å². The summed E-state index contributed by atoms with van der Waals surface area (Å²) in [7, 11) is 0. The number of rotatable bonds is 2. The molecule has 15 heavy (non-hydrogen) atoms. The predicted octanol–water partition coefficient (Wildman–Crippen LogP) is 3.52. The van der Waals surface area contributed by atoms with Crippen LogP contribution in [0.4, 0.5) is 9.52 Å². The van der Waals surface area contributed by atoms with E-state index in [0.29, 0.717) is 15.7 Å². The van der Waals surface area contributed by atoms with Crippen molar-refractivity contribution in [3.05, 3.63) is 34.2 Å². The van der Waals surface area contributed by atoms with Crippen molar-refractivity contribution in [3.8, 4) is 11.3 Å². The van der Waals surface area contributed by atoms with Crippen molar-refractivity contribution in [1.82, 2.24) is 4.98 Å². The molecule has 2 nitrogen and oxygen atoms in total. The normalized spacial score (nSPS) is 10.5. The number of benzene rings is 1. The van der Waals surface area contributed by atoms with Crippen LogP contribution >= 0.6 is 22.9 Å². The van der Waals surface area contributed by atoms with E-state index in [1.165, 1.54) is 11.3 Å². The topological polar surface area (TPSA) is 38.9 Å². The van der Waals surface area contributed by atoms with Crippen LogP contribution in [0.15, 0.2) is 23.6 Å². The summed E-state index contributed by atoms with van der Waals surface area (Å²) < 4.78 is 12.5. The Morgan fingerprint density at radius 2 is 2.20 bits per heavy atom. The quantitative estimate of drug-likeness (QED) is 0.875. The van der Waals surface area contributed by atoms with Crippen LogP contribution in [0, 0.1) is 0 Å². The van der Waals surface area contributed by atoms with Gasteiger partial charge in [0, 0.05) is 16.0 Å². The maximum Gasteiger partial charge on any atom is 0.180 e. The molecule has 1 aromatic carbocycles. The van der Waals surface area contributed by atoms with E-state index in [1.807, 2.05) is 5.38 Å². The Morgan fingerprint density at radius 1 is 1.40 bits per heavy atom. The maximum atomic E-state index is 12.5. The number of anilines is 1. The lowest BCUT2D eigenvalue weighted by molar-refractivity contribution is 0.485. The monoisotopic (exact) mass is 242 g/mol. The Hall–Kier alpha value is -1.13. The minimum absolute atomic E-state index is 0.492. The molecule has 0 saturated heterocycles. The summed E-state index contributed by atoms with van der Waals surface area (Å²) in [6.07, 6.45) is 0. The summed E-state index contributed by atoms with van der Waals surface area (Å²) in [5.41, 5.74) is 7.60. The Bertz CT molecular complexity index is 484. The molecule has 0 radical (unpaired) electrons. The first kappa shape index (κ1) is 10.4. The smallest absolute Gasteiger partial charge is 0.180 e. The van der Waals surface area contributed by atoms with E-state index in [1.54, 1.807) is 18.2 Å². The minimum atomic E-state index is -0.535. The fourth-order valence-corrected chi connectivity index (χ4v) is 2.13. The molecule has 1 heterocycles. The second-order valence-electron chi connectivity index (χ2n) is 3.05. The van der Waals surface area contributed by atoms with Gasteiger partial charge in [0.25, 0.3) is 0 Å². The Morgan fingerprint density at radius 3 is 2.80 bits per heavy atom. The average molecular weight is 243 g/mol. The zero-order chi connectivity index (χ0) is 10.8. The van der Waals surface area contributed by atoms with Crippen LogP contribution in [0.25, 0.3) is 11.3 Å². The molecule has 2 rings (SSSR count). The number of hydrogen-bond acceptors (Lipinski definition) is 3. The average Bonchev–Trinajstić information content (AvgIpc) is 2.64. The summed E-state index contributed by atoms with van der Waals surface area (Å²) in [6.45, 7) is -0.535. The summed E-state index contributed by atoms with van der Waals surface area (Å²) in [5, 5.41) is 2.82. The number of thiazole rings is 1. The highest BCUT2D eigenvalue weighted by molar-refractivity contribution is 7.13. The SMILES string of the molecule is Nc1nc(-c2cc(Cl)cc(CF)c2)cs1. The van der Waals surface area contributed by atoms with Gasteiger partial charge in [0.2, 0.25) is 0 Å². The molecule has 1 aromatic heterocycles. The molecule has 0 saturated carbocycles. The van der Waals surface area contributed by atoms with Crippen molar-refractivity contribution in [2.75, 3.05) is 5.73 Å². The van der Waals surface area contributed by atoms with Crippen LogP contribution in [0.5, 0.6) is 0 Å². The van der Waals surface area contributed by atoms with Crippen LogP contribution < -0.4 is 5.73 Å². The molecule has 0 aliphatic carbocycles. The Labute approximate surface area is 95.5 Å². The van der Waals surface area contributed by atoms with Gasteiger partial charge in [-0.05, 0) is 23.8 Å². The molecule has 78 valence electrons. The van der Waals surface area contributed by atoms with E-state index in [2.05, 4.69) is 4.98 Å². The number of alkyl halides is 1. The summed E-state index contributed by atoms with van der Waals surface area (Å²) in [6, 6.07) is 5.07. The number of nitrogens with two attached hydrogens (primary N) is 1.